The van der Waals surface area contributed by atoms with Crippen LogP contribution in [0.25, 0.3) is 0 Å². The fraction of sp³-hybridized carbons (Fsp3) is 0.222. The molecule has 7 heteroatoms. The molecule has 0 fully saturated rings. The molecule has 0 aliphatic carbocycles. The Morgan fingerprint density at radius 3 is 2.94 bits per heavy atom. The van der Waals surface area contributed by atoms with Crippen molar-refractivity contribution < 1.29 is 10.2 Å². The average Bonchev–Trinajstić information content (AvgIpc) is 2.23. The Morgan fingerprint density at radius 1 is 1.62 bits per heavy atom. The highest BCUT2D eigenvalue weighted by molar-refractivity contribution is 5.89. The quantitative estimate of drug-likeness (QED) is 0.352. The monoisotopic (exact) mass is 221 g/mol. The van der Waals surface area contributed by atoms with Crippen LogP contribution in [0.2, 0.25) is 0 Å². The van der Waals surface area contributed by atoms with Crippen LogP contribution in [-0.2, 0) is 0 Å². The molecule has 0 radical (unpaired) electrons. The molecule has 2 rings (SSSR count). The van der Waals surface area contributed by atoms with E-state index >= 15 is 0 Å². The number of aliphatic hydroxyl groups excluding tert-OH is 1. The minimum Gasteiger partial charge on any atom is -0.505 e. The maximum Gasteiger partial charge on any atom is 0.212 e. The van der Waals surface area contributed by atoms with Crippen LogP contribution in [0.1, 0.15) is 23.0 Å². The van der Waals surface area contributed by atoms with E-state index in [1.54, 1.807) is 6.92 Å². The predicted molar refractivity (Wildman–Crippen MR) is 56.9 cm³/mol. The summed E-state index contributed by atoms with van der Waals surface area (Å²) in [6.45, 7) is 1.65. The van der Waals surface area contributed by atoms with E-state index in [2.05, 4.69) is 10.1 Å². The van der Waals surface area contributed by atoms with Gasteiger partial charge in [-0.3, -0.25) is 10.4 Å². The van der Waals surface area contributed by atoms with Gasteiger partial charge in [0.05, 0.1) is 11.9 Å². The van der Waals surface area contributed by atoms with Gasteiger partial charge in [0.2, 0.25) is 5.96 Å². The van der Waals surface area contributed by atoms with Gasteiger partial charge in [-0.15, -0.1) is 0 Å². The standard InChI is InChI=1S/C9H11N5O2/c1-4-7(15)5-3-13-14(9(10)11)8(16)6(5)2-12-4/h2-3,8,15-16H,1H3,(H3,10,11)/t8-/m0/s1. The van der Waals surface area contributed by atoms with Gasteiger partial charge >= 0.3 is 0 Å². The average molecular weight is 221 g/mol. The fourth-order valence-corrected chi connectivity index (χ4v) is 1.48. The molecule has 0 bridgehead atoms. The zero-order chi connectivity index (χ0) is 11.9. The molecule has 1 aliphatic heterocycles. The van der Waals surface area contributed by atoms with E-state index in [1.165, 1.54) is 12.4 Å². The molecule has 0 amide bonds. The highest BCUT2D eigenvalue weighted by atomic mass is 16.3. The van der Waals surface area contributed by atoms with E-state index < -0.39 is 6.23 Å². The Kier molecular flexibility index (Phi) is 2.24. The van der Waals surface area contributed by atoms with Crippen molar-refractivity contribution in [2.75, 3.05) is 0 Å². The summed E-state index contributed by atoms with van der Waals surface area (Å²) in [4.78, 5) is 3.93. The maximum absolute atomic E-state index is 9.85. The first-order valence-electron chi connectivity index (χ1n) is 4.56. The number of nitrogens with one attached hydrogen (secondary N) is 1. The number of hydrogen-bond acceptors (Lipinski definition) is 5. The minimum atomic E-state index is -1.20. The third kappa shape index (κ3) is 1.38. The number of nitrogens with zero attached hydrogens (tertiary/aromatic N) is 3. The van der Waals surface area contributed by atoms with Crippen LogP contribution in [0, 0.1) is 12.3 Å². The number of aromatic hydroxyl groups is 1. The molecule has 1 atom stereocenters. The van der Waals surface area contributed by atoms with Gasteiger partial charge in [-0.25, -0.2) is 5.01 Å². The predicted octanol–water partition coefficient (Wildman–Crippen LogP) is -0.371. The molecule has 1 aliphatic rings. The topological polar surface area (TPSA) is 119 Å². The summed E-state index contributed by atoms with van der Waals surface area (Å²) in [5.74, 6) is -0.405. The number of nitrogens with two attached hydrogens (primary N) is 1. The van der Waals surface area contributed by atoms with Gasteiger partial charge < -0.3 is 15.9 Å². The van der Waals surface area contributed by atoms with Gasteiger partial charge in [0.25, 0.3) is 0 Å². The second-order valence-corrected chi connectivity index (χ2v) is 3.41. The zero-order valence-electron chi connectivity index (χ0n) is 8.55. The molecule has 84 valence electrons. The summed E-state index contributed by atoms with van der Waals surface area (Å²) in [6, 6.07) is 0. The van der Waals surface area contributed by atoms with Crippen molar-refractivity contribution in [1.82, 2.24) is 9.99 Å². The summed E-state index contributed by atoms with van der Waals surface area (Å²) >= 11 is 0. The van der Waals surface area contributed by atoms with Crippen molar-refractivity contribution in [2.24, 2.45) is 10.8 Å². The van der Waals surface area contributed by atoms with Crippen LogP contribution in [0.15, 0.2) is 11.3 Å². The molecule has 7 nitrogen and oxygen atoms in total. The van der Waals surface area contributed by atoms with Gasteiger partial charge in [0.15, 0.2) is 6.23 Å². The van der Waals surface area contributed by atoms with Crippen molar-refractivity contribution in [3.63, 3.8) is 0 Å². The number of hydrazone groups is 1. The number of guanidine groups is 1. The van der Waals surface area contributed by atoms with Crippen LogP contribution in [0.5, 0.6) is 5.75 Å². The van der Waals surface area contributed by atoms with Crippen LogP contribution >= 0.6 is 0 Å². The molecular weight excluding hydrogens is 210 g/mol. The summed E-state index contributed by atoms with van der Waals surface area (Å²) < 4.78 is 0. The first kappa shape index (κ1) is 10.4. The maximum atomic E-state index is 9.85. The van der Waals surface area contributed by atoms with Gasteiger partial charge in [-0.2, -0.15) is 5.10 Å². The number of aryl methyl sites for hydroxylation is 1. The van der Waals surface area contributed by atoms with E-state index in [-0.39, 0.29) is 11.7 Å². The molecule has 1 aromatic rings. The highest BCUT2D eigenvalue weighted by Crippen LogP contribution is 2.30. The Balaban J connectivity index is 2.55. The fourth-order valence-electron chi connectivity index (χ4n) is 1.48. The Morgan fingerprint density at radius 2 is 2.31 bits per heavy atom. The van der Waals surface area contributed by atoms with Gasteiger partial charge in [0, 0.05) is 17.3 Å². The zero-order valence-corrected chi connectivity index (χ0v) is 8.55. The molecule has 5 N–H and O–H groups in total. The number of aromatic nitrogens is 1. The minimum absolute atomic E-state index is 0.0245. The number of aliphatic hydroxyl groups is 1. The van der Waals surface area contributed by atoms with E-state index in [1.807, 2.05) is 0 Å². The molecule has 0 unspecified atom stereocenters. The number of fused-ring (bicyclic) bond motifs is 1. The van der Waals surface area contributed by atoms with E-state index in [9.17, 15) is 10.2 Å². The second-order valence-electron chi connectivity index (χ2n) is 3.41. The van der Waals surface area contributed by atoms with Crippen molar-refractivity contribution >= 4 is 12.2 Å². The second kappa shape index (κ2) is 3.46. The molecule has 0 aromatic carbocycles. The Labute approximate surface area is 91.3 Å². The molecule has 0 saturated heterocycles. The van der Waals surface area contributed by atoms with Crippen molar-refractivity contribution in [2.45, 2.75) is 13.2 Å². The molecule has 1 aromatic heterocycles. The van der Waals surface area contributed by atoms with Crippen LogP contribution in [0.4, 0.5) is 0 Å². The lowest BCUT2D eigenvalue weighted by Crippen LogP contribution is -2.37. The van der Waals surface area contributed by atoms with Crippen molar-refractivity contribution in [3.8, 4) is 5.75 Å². The molecular formula is C9H11N5O2. The first-order valence-corrected chi connectivity index (χ1v) is 4.56. The number of rotatable bonds is 0. The summed E-state index contributed by atoms with van der Waals surface area (Å²) in [7, 11) is 0. The lowest BCUT2D eigenvalue weighted by Gasteiger charge is -2.27. The highest BCUT2D eigenvalue weighted by Gasteiger charge is 2.27. The van der Waals surface area contributed by atoms with Gasteiger partial charge in [-0.1, -0.05) is 0 Å². The molecule has 16 heavy (non-hydrogen) atoms. The SMILES string of the molecule is Cc1ncc2c(c1O)C=NN(C(=N)N)[C@H]2O. The molecule has 0 spiro atoms. The van der Waals surface area contributed by atoms with E-state index in [4.69, 9.17) is 11.1 Å². The number of pyridine rings is 1. The van der Waals surface area contributed by atoms with Crippen LogP contribution in [-0.4, -0.2) is 32.4 Å². The summed E-state index contributed by atoms with van der Waals surface area (Å²) in [6.07, 6.45) is 1.57. The normalized spacial score (nSPS) is 18.4. The van der Waals surface area contributed by atoms with Gasteiger partial charge in [-0.05, 0) is 6.92 Å². The Hall–Kier alpha value is -2.15. The van der Waals surface area contributed by atoms with Crippen molar-refractivity contribution in [1.29, 1.82) is 5.41 Å². The first-order chi connectivity index (χ1) is 7.52. The van der Waals surface area contributed by atoms with Gasteiger partial charge in [0.1, 0.15) is 5.75 Å². The summed E-state index contributed by atoms with van der Waals surface area (Å²) in [5.41, 5.74) is 6.46. The smallest absolute Gasteiger partial charge is 0.212 e. The third-order valence-corrected chi connectivity index (χ3v) is 2.37. The lowest BCUT2D eigenvalue weighted by atomic mass is 10.1. The van der Waals surface area contributed by atoms with Crippen LogP contribution < -0.4 is 5.73 Å². The van der Waals surface area contributed by atoms with Crippen molar-refractivity contribution in [3.05, 3.63) is 23.0 Å². The van der Waals surface area contributed by atoms with E-state index in [0.717, 1.165) is 5.01 Å². The third-order valence-electron chi connectivity index (χ3n) is 2.37. The molecule has 0 saturated carbocycles. The van der Waals surface area contributed by atoms with E-state index in [0.29, 0.717) is 16.8 Å². The molecule has 2 heterocycles. The number of hydrogen-bond donors (Lipinski definition) is 4. The Bertz CT molecular complexity index is 485. The summed E-state index contributed by atoms with van der Waals surface area (Å²) in [5, 5.41) is 31.5. The lowest BCUT2D eigenvalue weighted by molar-refractivity contribution is 0.0499. The van der Waals surface area contributed by atoms with Crippen LogP contribution in [0.3, 0.4) is 0 Å². The largest absolute Gasteiger partial charge is 0.505 e.